The van der Waals surface area contributed by atoms with Crippen molar-refractivity contribution in [2.24, 2.45) is 0 Å². The maximum Gasteiger partial charge on any atom is 0.272 e. The molecule has 4 heterocycles. The summed E-state index contributed by atoms with van der Waals surface area (Å²) in [6, 6.07) is 9.61. The van der Waals surface area contributed by atoms with E-state index in [1.165, 1.54) is 17.7 Å². The maximum atomic E-state index is 12.7. The van der Waals surface area contributed by atoms with Gasteiger partial charge in [-0.3, -0.25) is 14.3 Å². The Hall–Kier alpha value is -4.12. The Kier molecular flexibility index (Phi) is 6.70. The van der Waals surface area contributed by atoms with Crippen molar-refractivity contribution in [1.29, 1.82) is 0 Å². The van der Waals surface area contributed by atoms with Crippen LogP contribution in [0.3, 0.4) is 0 Å². The molecule has 1 aliphatic heterocycles. The Bertz CT molecular complexity index is 1520. The highest BCUT2D eigenvalue weighted by Crippen LogP contribution is 2.27. The first kappa shape index (κ1) is 25.5. The first-order valence-corrected chi connectivity index (χ1v) is 13.2. The van der Waals surface area contributed by atoms with E-state index in [1.54, 1.807) is 28.9 Å². The largest absolute Gasteiger partial charge is 0.347 e. The van der Waals surface area contributed by atoms with Crippen LogP contribution in [-0.4, -0.2) is 55.0 Å². The molecular weight excluding hydrogens is 500 g/mol. The standard InChI is InChI=1S/C27H30N8O2S/c1-16-10-17(6-7-18(16)13-28-24(36)21-14-29-26(38-21)27(2,3)4)19-11-22(31-15-30-19)32-23-12-20-25(37)34(5)8-9-35(20)33-23/h6-7,10-12,14-15H,8-9,13H2,1-5H3,(H,28,36)(H,30,31,32,33). The Balaban J connectivity index is 1.26. The highest BCUT2D eigenvalue weighted by atomic mass is 32.1. The molecule has 1 aliphatic rings. The molecule has 5 rings (SSSR count). The summed E-state index contributed by atoms with van der Waals surface area (Å²) in [4.78, 5) is 40.5. The summed E-state index contributed by atoms with van der Waals surface area (Å²) < 4.78 is 1.71. The van der Waals surface area contributed by atoms with Crippen LogP contribution >= 0.6 is 11.3 Å². The molecule has 0 unspecified atom stereocenters. The van der Waals surface area contributed by atoms with Crippen molar-refractivity contribution in [3.8, 4) is 11.3 Å². The fourth-order valence-electron chi connectivity index (χ4n) is 4.12. The molecule has 0 radical (unpaired) electrons. The number of nitrogens with zero attached hydrogens (tertiary/aromatic N) is 6. The van der Waals surface area contributed by atoms with E-state index in [2.05, 4.69) is 51.5 Å². The number of carbonyl (C=O) groups is 2. The molecule has 0 aliphatic carbocycles. The highest BCUT2D eigenvalue weighted by Gasteiger charge is 2.24. The molecule has 10 nitrogen and oxygen atoms in total. The molecule has 0 fully saturated rings. The molecule has 38 heavy (non-hydrogen) atoms. The van der Waals surface area contributed by atoms with Crippen molar-refractivity contribution < 1.29 is 9.59 Å². The molecule has 11 heteroatoms. The molecule has 3 aromatic heterocycles. The van der Waals surface area contributed by atoms with E-state index in [-0.39, 0.29) is 17.2 Å². The summed E-state index contributed by atoms with van der Waals surface area (Å²) >= 11 is 1.43. The summed E-state index contributed by atoms with van der Waals surface area (Å²) in [5.41, 5.74) is 4.22. The zero-order chi connectivity index (χ0) is 27.0. The minimum atomic E-state index is -0.123. The number of benzene rings is 1. The van der Waals surface area contributed by atoms with Crippen LogP contribution in [0, 0.1) is 6.92 Å². The van der Waals surface area contributed by atoms with Gasteiger partial charge in [0.05, 0.1) is 23.4 Å². The minimum Gasteiger partial charge on any atom is -0.347 e. The third-order valence-corrected chi connectivity index (χ3v) is 7.79. The van der Waals surface area contributed by atoms with Gasteiger partial charge in [0.2, 0.25) is 0 Å². The zero-order valence-corrected chi connectivity index (χ0v) is 22.9. The van der Waals surface area contributed by atoms with Crippen LogP contribution in [0.1, 0.15) is 57.1 Å². The van der Waals surface area contributed by atoms with Crippen LogP contribution in [0.2, 0.25) is 0 Å². The number of nitrogens with one attached hydrogen (secondary N) is 2. The van der Waals surface area contributed by atoms with E-state index in [0.717, 1.165) is 27.4 Å². The van der Waals surface area contributed by atoms with Gasteiger partial charge in [-0.25, -0.2) is 15.0 Å². The number of likely N-dealkylation sites (N-methyl/N-ethyl adjacent to an activating group) is 1. The summed E-state index contributed by atoms with van der Waals surface area (Å²) in [7, 11) is 1.79. The molecule has 1 aromatic carbocycles. The molecule has 0 bridgehead atoms. The van der Waals surface area contributed by atoms with Crippen molar-refractivity contribution in [3.05, 3.63) is 69.6 Å². The Morgan fingerprint density at radius 1 is 1.08 bits per heavy atom. The smallest absolute Gasteiger partial charge is 0.272 e. The Morgan fingerprint density at radius 2 is 1.89 bits per heavy atom. The molecule has 4 aromatic rings. The monoisotopic (exact) mass is 530 g/mol. The average molecular weight is 531 g/mol. The molecular formula is C27H30N8O2S. The molecule has 2 N–H and O–H groups in total. The summed E-state index contributed by atoms with van der Waals surface area (Å²) in [6.45, 7) is 9.97. The zero-order valence-electron chi connectivity index (χ0n) is 22.1. The van der Waals surface area contributed by atoms with Gasteiger partial charge in [-0.15, -0.1) is 11.3 Å². The Morgan fingerprint density at radius 3 is 2.63 bits per heavy atom. The summed E-state index contributed by atoms with van der Waals surface area (Å²) in [6.07, 6.45) is 3.14. The average Bonchev–Trinajstić information content (AvgIpc) is 3.54. The Labute approximate surface area is 225 Å². The number of thiazole rings is 1. The van der Waals surface area contributed by atoms with E-state index in [9.17, 15) is 9.59 Å². The van der Waals surface area contributed by atoms with E-state index in [0.29, 0.717) is 41.8 Å². The lowest BCUT2D eigenvalue weighted by atomic mass is 9.98. The van der Waals surface area contributed by atoms with Crippen molar-refractivity contribution in [1.82, 2.24) is 34.9 Å². The molecule has 2 amide bonds. The van der Waals surface area contributed by atoms with Gasteiger partial charge in [-0.1, -0.05) is 32.9 Å². The number of aryl methyl sites for hydroxylation is 1. The number of fused-ring (bicyclic) bond motifs is 1. The SMILES string of the molecule is Cc1cc(-c2cc(Nc3cc4n(n3)CCN(C)C4=O)ncn2)ccc1CNC(=O)c1cnc(C(C)(C)C)s1. The van der Waals surface area contributed by atoms with Crippen LogP contribution < -0.4 is 10.6 Å². The van der Waals surface area contributed by atoms with Gasteiger partial charge in [-0.2, -0.15) is 5.10 Å². The van der Waals surface area contributed by atoms with Crippen LogP contribution in [0.5, 0.6) is 0 Å². The van der Waals surface area contributed by atoms with E-state index < -0.39 is 0 Å². The lowest BCUT2D eigenvalue weighted by Crippen LogP contribution is -2.37. The van der Waals surface area contributed by atoms with Crippen LogP contribution in [0.4, 0.5) is 11.6 Å². The molecule has 0 saturated carbocycles. The van der Waals surface area contributed by atoms with E-state index >= 15 is 0 Å². The fourth-order valence-corrected chi connectivity index (χ4v) is 5.01. The lowest BCUT2D eigenvalue weighted by molar-refractivity contribution is 0.0742. The second-order valence-electron chi connectivity index (χ2n) is 10.4. The van der Waals surface area contributed by atoms with Crippen LogP contribution in [0.15, 0.2) is 42.9 Å². The van der Waals surface area contributed by atoms with Gasteiger partial charge in [0, 0.05) is 43.2 Å². The number of hydrogen-bond donors (Lipinski definition) is 2. The quantitative estimate of drug-likeness (QED) is 0.384. The molecule has 0 saturated heterocycles. The first-order chi connectivity index (χ1) is 18.1. The lowest BCUT2D eigenvalue weighted by Gasteiger charge is -2.22. The second kappa shape index (κ2) is 9.97. The van der Waals surface area contributed by atoms with Crippen molar-refractivity contribution in [2.75, 3.05) is 18.9 Å². The number of amides is 2. The molecule has 0 atom stereocenters. The van der Waals surface area contributed by atoms with Crippen molar-refractivity contribution in [2.45, 2.75) is 46.2 Å². The number of aromatic nitrogens is 5. The highest BCUT2D eigenvalue weighted by molar-refractivity contribution is 7.13. The van der Waals surface area contributed by atoms with E-state index in [4.69, 9.17) is 0 Å². The minimum absolute atomic E-state index is 0.0476. The maximum absolute atomic E-state index is 12.7. The number of carbonyl (C=O) groups excluding carboxylic acids is 2. The van der Waals surface area contributed by atoms with Crippen LogP contribution in [-0.2, 0) is 18.5 Å². The van der Waals surface area contributed by atoms with Gasteiger partial charge >= 0.3 is 0 Å². The predicted molar refractivity (Wildman–Crippen MR) is 147 cm³/mol. The van der Waals surface area contributed by atoms with Gasteiger partial charge in [0.25, 0.3) is 11.8 Å². The van der Waals surface area contributed by atoms with Crippen LogP contribution in [0.25, 0.3) is 11.3 Å². The molecule has 0 spiro atoms. The second-order valence-corrected chi connectivity index (χ2v) is 11.4. The van der Waals surface area contributed by atoms with Crippen molar-refractivity contribution in [3.63, 3.8) is 0 Å². The number of rotatable bonds is 6. The normalized spacial score (nSPS) is 13.4. The third-order valence-electron chi connectivity index (χ3n) is 6.37. The van der Waals surface area contributed by atoms with E-state index in [1.807, 2.05) is 31.2 Å². The van der Waals surface area contributed by atoms with Crippen molar-refractivity contribution >= 4 is 34.8 Å². The summed E-state index contributed by atoms with van der Waals surface area (Å²) in [5.74, 6) is 0.974. The van der Waals surface area contributed by atoms with Gasteiger partial charge in [0.1, 0.15) is 22.7 Å². The number of hydrogen-bond acceptors (Lipinski definition) is 8. The predicted octanol–water partition coefficient (Wildman–Crippen LogP) is 4.16. The first-order valence-electron chi connectivity index (χ1n) is 12.4. The van der Waals surface area contributed by atoms with Gasteiger partial charge in [-0.05, 0) is 24.1 Å². The van der Waals surface area contributed by atoms with Gasteiger partial charge in [0.15, 0.2) is 5.82 Å². The van der Waals surface area contributed by atoms with Gasteiger partial charge < -0.3 is 15.5 Å². The third kappa shape index (κ3) is 5.28. The number of anilines is 2. The topological polar surface area (TPSA) is 118 Å². The summed E-state index contributed by atoms with van der Waals surface area (Å²) in [5, 5.41) is 11.6. The molecule has 196 valence electrons. The fraction of sp³-hybridized carbons (Fsp3) is 0.333.